The van der Waals surface area contributed by atoms with Crippen molar-refractivity contribution >= 4 is 6.01 Å². The number of hydrogen-bond acceptors (Lipinski definition) is 4. The molecule has 17 heavy (non-hydrogen) atoms. The average molecular weight is 231 g/mol. The summed E-state index contributed by atoms with van der Waals surface area (Å²) in [5.74, 6) is 1.18. The van der Waals surface area contributed by atoms with Crippen LogP contribution in [0.15, 0.2) is 34.9 Å². The Morgan fingerprint density at radius 1 is 1.29 bits per heavy atom. The molecule has 1 atom stereocenters. The Morgan fingerprint density at radius 2 is 2.06 bits per heavy atom. The SMILES string of the molecule is Cc1noc(NCCC(C)c2ccccc2)n1. The third-order valence-electron chi connectivity index (χ3n) is 2.75. The Morgan fingerprint density at radius 3 is 2.71 bits per heavy atom. The van der Waals surface area contributed by atoms with Crippen LogP contribution in [-0.2, 0) is 0 Å². The molecule has 0 aliphatic carbocycles. The third kappa shape index (κ3) is 3.31. The third-order valence-corrected chi connectivity index (χ3v) is 2.75. The zero-order chi connectivity index (χ0) is 12.1. The minimum atomic E-state index is 0.503. The molecule has 0 saturated carbocycles. The van der Waals surface area contributed by atoms with Gasteiger partial charge in [-0.15, -0.1) is 0 Å². The van der Waals surface area contributed by atoms with Gasteiger partial charge in [0.2, 0.25) is 0 Å². The van der Waals surface area contributed by atoms with E-state index in [2.05, 4.69) is 46.6 Å². The highest BCUT2D eigenvalue weighted by atomic mass is 16.5. The van der Waals surface area contributed by atoms with E-state index in [0.29, 0.717) is 17.8 Å². The molecule has 0 aliphatic rings. The molecule has 0 spiro atoms. The summed E-state index contributed by atoms with van der Waals surface area (Å²) in [6.07, 6.45) is 1.03. The number of aromatic nitrogens is 2. The predicted octanol–water partition coefficient (Wildman–Crippen LogP) is 2.98. The van der Waals surface area contributed by atoms with Gasteiger partial charge in [-0.25, -0.2) is 0 Å². The summed E-state index contributed by atoms with van der Waals surface area (Å²) in [4.78, 5) is 4.09. The second-order valence-corrected chi connectivity index (χ2v) is 4.17. The van der Waals surface area contributed by atoms with Crippen LogP contribution in [0.25, 0.3) is 0 Å². The summed E-state index contributed by atoms with van der Waals surface area (Å²) < 4.78 is 4.98. The first-order chi connectivity index (χ1) is 8.25. The minimum Gasteiger partial charge on any atom is -0.338 e. The van der Waals surface area contributed by atoms with Gasteiger partial charge in [0.25, 0.3) is 0 Å². The minimum absolute atomic E-state index is 0.503. The first-order valence-electron chi connectivity index (χ1n) is 5.85. The highest BCUT2D eigenvalue weighted by Gasteiger charge is 2.06. The van der Waals surface area contributed by atoms with Crippen LogP contribution in [0.4, 0.5) is 6.01 Å². The normalized spacial score (nSPS) is 12.4. The molecule has 4 heteroatoms. The summed E-state index contributed by atoms with van der Waals surface area (Å²) in [7, 11) is 0. The van der Waals surface area contributed by atoms with E-state index < -0.39 is 0 Å². The summed E-state index contributed by atoms with van der Waals surface area (Å²) in [5.41, 5.74) is 1.36. The average Bonchev–Trinajstić information content (AvgIpc) is 2.76. The van der Waals surface area contributed by atoms with E-state index in [-0.39, 0.29) is 0 Å². The first-order valence-corrected chi connectivity index (χ1v) is 5.85. The Balaban J connectivity index is 1.79. The van der Waals surface area contributed by atoms with Gasteiger partial charge in [0.05, 0.1) is 0 Å². The van der Waals surface area contributed by atoms with Crippen LogP contribution in [-0.4, -0.2) is 16.7 Å². The second kappa shape index (κ2) is 5.48. The molecule has 0 bridgehead atoms. The highest BCUT2D eigenvalue weighted by Crippen LogP contribution is 2.18. The Hall–Kier alpha value is -1.84. The van der Waals surface area contributed by atoms with E-state index in [4.69, 9.17) is 4.52 Å². The number of anilines is 1. The Bertz CT molecular complexity index is 453. The molecule has 0 saturated heterocycles. The molecule has 90 valence electrons. The fraction of sp³-hybridized carbons (Fsp3) is 0.385. The lowest BCUT2D eigenvalue weighted by Gasteiger charge is -2.11. The number of nitrogens with zero attached hydrogens (tertiary/aromatic N) is 2. The molecule has 2 aromatic rings. The lowest BCUT2D eigenvalue weighted by atomic mass is 9.98. The van der Waals surface area contributed by atoms with E-state index >= 15 is 0 Å². The van der Waals surface area contributed by atoms with Crippen LogP contribution in [0.5, 0.6) is 0 Å². The Labute approximate surface area is 101 Å². The lowest BCUT2D eigenvalue weighted by Crippen LogP contribution is -2.06. The number of hydrogen-bond donors (Lipinski definition) is 1. The van der Waals surface area contributed by atoms with Crippen molar-refractivity contribution in [3.8, 4) is 0 Å². The van der Waals surface area contributed by atoms with E-state index in [1.54, 1.807) is 6.92 Å². The van der Waals surface area contributed by atoms with Crippen LogP contribution >= 0.6 is 0 Å². The summed E-state index contributed by atoms with van der Waals surface area (Å²) in [5, 5.41) is 6.85. The van der Waals surface area contributed by atoms with Crippen LogP contribution in [0.2, 0.25) is 0 Å². The number of rotatable bonds is 5. The predicted molar refractivity (Wildman–Crippen MR) is 67.0 cm³/mol. The van der Waals surface area contributed by atoms with Gasteiger partial charge >= 0.3 is 6.01 Å². The van der Waals surface area contributed by atoms with Gasteiger partial charge < -0.3 is 9.84 Å². The van der Waals surface area contributed by atoms with Crippen molar-refractivity contribution in [3.63, 3.8) is 0 Å². The smallest absolute Gasteiger partial charge is 0.321 e. The standard InChI is InChI=1S/C13H17N3O/c1-10(12-6-4-3-5-7-12)8-9-14-13-15-11(2)16-17-13/h3-7,10H,8-9H2,1-2H3,(H,14,15,16). The molecule has 1 aromatic carbocycles. The van der Waals surface area contributed by atoms with Crippen molar-refractivity contribution in [2.75, 3.05) is 11.9 Å². The van der Waals surface area contributed by atoms with E-state index in [1.165, 1.54) is 5.56 Å². The number of benzene rings is 1. The van der Waals surface area contributed by atoms with Gasteiger partial charge in [-0.3, -0.25) is 0 Å². The van der Waals surface area contributed by atoms with Gasteiger partial charge in [0.15, 0.2) is 5.82 Å². The van der Waals surface area contributed by atoms with Crippen LogP contribution in [0, 0.1) is 6.92 Å². The lowest BCUT2D eigenvalue weighted by molar-refractivity contribution is 0.424. The quantitative estimate of drug-likeness (QED) is 0.859. The zero-order valence-electron chi connectivity index (χ0n) is 10.2. The van der Waals surface area contributed by atoms with Crippen LogP contribution in [0.3, 0.4) is 0 Å². The van der Waals surface area contributed by atoms with E-state index in [0.717, 1.165) is 13.0 Å². The molecule has 0 radical (unpaired) electrons. The van der Waals surface area contributed by atoms with Gasteiger partial charge in [-0.05, 0) is 24.8 Å². The molecule has 1 N–H and O–H groups in total. The Kier molecular flexibility index (Phi) is 3.75. The van der Waals surface area contributed by atoms with Crippen molar-refractivity contribution in [3.05, 3.63) is 41.7 Å². The highest BCUT2D eigenvalue weighted by molar-refractivity contribution is 5.20. The van der Waals surface area contributed by atoms with Crippen molar-refractivity contribution in [2.24, 2.45) is 0 Å². The van der Waals surface area contributed by atoms with Crippen molar-refractivity contribution in [1.29, 1.82) is 0 Å². The van der Waals surface area contributed by atoms with E-state index in [9.17, 15) is 0 Å². The molecule has 0 aliphatic heterocycles. The molecule has 0 fully saturated rings. The van der Waals surface area contributed by atoms with Gasteiger partial charge in [-0.2, -0.15) is 4.98 Å². The number of aryl methyl sites for hydroxylation is 1. The number of nitrogens with one attached hydrogen (secondary N) is 1. The molecule has 1 aromatic heterocycles. The maximum atomic E-state index is 4.98. The van der Waals surface area contributed by atoms with Gasteiger partial charge in [-0.1, -0.05) is 42.4 Å². The fourth-order valence-electron chi connectivity index (χ4n) is 1.71. The fourth-order valence-corrected chi connectivity index (χ4v) is 1.71. The first kappa shape index (κ1) is 11.6. The molecule has 0 amide bonds. The zero-order valence-corrected chi connectivity index (χ0v) is 10.2. The summed E-state index contributed by atoms with van der Waals surface area (Å²) in [6.45, 7) is 4.86. The monoisotopic (exact) mass is 231 g/mol. The van der Waals surface area contributed by atoms with Crippen molar-refractivity contribution in [1.82, 2.24) is 10.1 Å². The molecular formula is C13H17N3O. The second-order valence-electron chi connectivity index (χ2n) is 4.17. The maximum Gasteiger partial charge on any atom is 0.321 e. The van der Waals surface area contributed by atoms with Gasteiger partial charge in [0.1, 0.15) is 0 Å². The van der Waals surface area contributed by atoms with Gasteiger partial charge in [0, 0.05) is 6.54 Å². The summed E-state index contributed by atoms with van der Waals surface area (Å²) in [6, 6.07) is 11.0. The van der Waals surface area contributed by atoms with Crippen molar-refractivity contribution < 1.29 is 4.52 Å². The van der Waals surface area contributed by atoms with Crippen LogP contribution < -0.4 is 5.32 Å². The molecular weight excluding hydrogens is 214 g/mol. The largest absolute Gasteiger partial charge is 0.338 e. The topological polar surface area (TPSA) is 51.0 Å². The van der Waals surface area contributed by atoms with Crippen LogP contribution in [0.1, 0.15) is 30.7 Å². The van der Waals surface area contributed by atoms with Crippen molar-refractivity contribution in [2.45, 2.75) is 26.2 Å². The molecule has 4 nitrogen and oxygen atoms in total. The molecule has 1 heterocycles. The molecule has 2 rings (SSSR count). The summed E-state index contributed by atoms with van der Waals surface area (Å²) >= 11 is 0. The maximum absolute atomic E-state index is 4.98. The molecule has 1 unspecified atom stereocenters. The van der Waals surface area contributed by atoms with E-state index in [1.807, 2.05) is 6.07 Å².